The third-order valence-corrected chi connectivity index (χ3v) is 4.29. The number of rotatable bonds is 3. The van der Waals surface area contributed by atoms with E-state index in [1.54, 1.807) is 0 Å². The quantitative estimate of drug-likeness (QED) is 0.804. The van der Waals surface area contributed by atoms with Crippen molar-refractivity contribution < 1.29 is 9.53 Å². The Bertz CT molecular complexity index is 877. The molecular formula is C19H19N3O2. The number of benzene rings is 1. The van der Waals surface area contributed by atoms with E-state index >= 15 is 0 Å². The predicted octanol–water partition coefficient (Wildman–Crippen LogP) is 3.43. The molecule has 1 aliphatic heterocycles. The molecule has 4 rings (SSSR count). The SMILES string of the molecule is Cc1ccn2cc(-c3ccc(NC(=O)C4CCCO4)cc3)nc2c1. The van der Waals surface area contributed by atoms with Crippen LogP contribution in [0, 0.1) is 6.92 Å². The maximum absolute atomic E-state index is 12.1. The normalized spacial score (nSPS) is 17.3. The minimum Gasteiger partial charge on any atom is -0.368 e. The van der Waals surface area contributed by atoms with Crippen LogP contribution in [0.3, 0.4) is 0 Å². The summed E-state index contributed by atoms with van der Waals surface area (Å²) in [4.78, 5) is 16.7. The molecule has 0 spiro atoms. The number of ether oxygens (including phenoxy) is 1. The largest absolute Gasteiger partial charge is 0.368 e. The van der Waals surface area contributed by atoms with Gasteiger partial charge >= 0.3 is 0 Å². The summed E-state index contributed by atoms with van der Waals surface area (Å²) in [6.07, 6.45) is 5.45. The molecule has 122 valence electrons. The van der Waals surface area contributed by atoms with Gasteiger partial charge in [-0.3, -0.25) is 4.79 Å². The first-order valence-electron chi connectivity index (χ1n) is 8.17. The van der Waals surface area contributed by atoms with Crippen LogP contribution < -0.4 is 5.32 Å². The van der Waals surface area contributed by atoms with Gasteiger partial charge in [-0.05, 0) is 49.6 Å². The van der Waals surface area contributed by atoms with E-state index in [1.165, 1.54) is 5.56 Å². The van der Waals surface area contributed by atoms with Crippen LogP contribution in [0.1, 0.15) is 18.4 Å². The van der Waals surface area contributed by atoms with Gasteiger partial charge in [0.15, 0.2) is 0 Å². The van der Waals surface area contributed by atoms with Crippen molar-refractivity contribution in [2.75, 3.05) is 11.9 Å². The first kappa shape index (κ1) is 14.9. The molecule has 1 amide bonds. The molecule has 1 fully saturated rings. The van der Waals surface area contributed by atoms with Crippen LogP contribution in [-0.2, 0) is 9.53 Å². The first-order valence-corrected chi connectivity index (χ1v) is 8.17. The number of nitrogens with one attached hydrogen (secondary N) is 1. The Kier molecular flexibility index (Phi) is 3.78. The maximum atomic E-state index is 12.1. The van der Waals surface area contributed by atoms with Crippen LogP contribution >= 0.6 is 0 Å². The summed E-state index contributed by atoms with van der Waals surface area (Å²) < 4.78 is 7.41. The van der Waals surface area contributed by atoms with E-state index in [4.69, 9.17) is 4.74 Å². The molecule has 0 bridgehead atoms. The molecule has 0 aliphatic carbocycles. The highest BCUT2D eigenvalue weighted by Gasteiger charge is 2.23. The van der Waals surface area contributed by atoms with Gasteiger partial charge in [0, 0.05) is 30.3 Å². The van der Waals surface area contributed by atoms with Gasteiger partial charge in [0.25, 0.3) is 5.91 Å². The number of anilines is 1. The molecular weight excluding hydrogens is 302 g/mol. The van der Waals surface area contributed by atoms with Gasteiger partial charge in [-0.2, -0.15) is 0 Å². The van der Waals surface area contributed by atoms with Crippen molar-refractivity contribution in [3.05, 3.63) is 54.4 Å². The molecule has 1 atom stereocenters. The monoisotopic (exact) mass is 321 g/mol. The minimum absolute atomic E-state index is 0.0662. The van der Waals surface area contributed by atoms with E-state index in [-0.39, 0.29) is 12.0 Å². The van der Waals surface area contributed by atoms with Crippen molar-refractivity contribution >= 4 is 17.2 Å². The van der Waals surface area contributed by atoms with E-state index in [0.717, 1.165) is 35.4 Å². The molecule has 5 heteroatoms. The average molecular weight is 321 g/mol. The van der Waals surface area contributed by atoms with Crippen LogP contribution in [0.5, 0.6) is 0 Å². The predicted molar refractivity (Wildman–Crippen MR) is 93.0 cm³/mol. The summed E-state index contributed by atoms with van der Waals surface area (Å²) in [5, 5.41) is 2.91. The average Bonchev–Trinajstić information content (AvgIpc) is 3.24. The summed E-state index contributed by atoms with van der Waals surface area (Å²) in [7, 11) is 0. The number of imidazole rings is 1. The smallest absolute Gasteiger partial charge is 0.253 e. The maximum Gasteiger partial charge on any atom is 0.253 e. The fourth-order valence-electron chi connectivity index (χ4n) is 2.95. The molecule has 0 saturated carbocycles. The van der Waals surface area contributed by atoms with Crippen LogP contribution in [0.15, 0.2) is 48.8 Å². The van der Waals surface area contributed by atoms with Crippen LogP contribution in [0.25, 0.3) is 16.9 Å². The third kappa shape index (κ3) is 2.90. The number of aryl methyl sites for hydroxylation is 1. The second kappa shape index (κ2) is 6.09. The topological polar surface area (TPSA) is 55.6 Å². The van der Waals surface area contributed by atoms with Gasteiger partial charge in [0.2, 0.25) is 0 Å². The Morgan fingerprint density at radius 3 is 2.88 bits per heavy atom. The summed E-state index contributed by atoms with van der Waals surface area (Å²) in [6.45, 7) is 2.73. The van der Waals surface area contributed by atoms with Crippen molar-refractivity contribution in [2.45, 2.75) is 25.9 Å². The molecule has 1 aromatic carbocycles. The Labute approximate surface area is 140 Å². The molecule has 0 radical (unpaired) electrons. The number of hydrogen-bond donors (Lipinski definition) is 1. The van der Waals surface area contributed by atoms with E-state index in [1.807, 2.05) is 41.1 Å². The van der Waals surface area contributed by atoms with Crippen molar-refractivity contribution in [3.63, 3.8) is 0 Å². The summed E-state index contributed by atoms with van der Waals surface area (Å²) in [5.74, 6) is -0.0662. The van der Waals surface area contributed by atoms with Gasteiger partial charge in [-0.1, -0.05) is 12.1 Å². The number of amides is 1. The number of aromatic nitrogens is 2. The highest BCUT2D eigenvalue weighted by Crippen LogP contribution is 2.22. The lowest BCUT2D eigenvalue weighted by atomic mass is 10.1. The highest BCUT2D eigenvalue weighted by atomic mass is 16.5. The Hall–Kier alpha value is -2.66. The van der Waals surface area contributed by atoms with Crippen molar-refractivity contribution in [1.29, 1.82) is 0 Å². The first-order chi connectivity index (χ1) is 11.7. The van der Waals surface area contributed by atoms with Gasteiger partial charge in [0.05, 0.1) is 5.69 Å². The molecule has 2 aromatic heterocycles. The zero-order valence-electron chi connectivity index (χ0n) is 13.5. The lowest BCUT2D eigenvalue weighted by Crippen LogP contribution is -2.26. The van der Waals surface area contributed by atoms with Gasteiger partial charge < -0.3 is 14.5 Å². The molecule has 5 nitrogen and oxygen atoms in total. The van der Waals surface area contributed by atoms with Crippen molar-refractivity contribution in [2.24, 2.45) is 0 Å². The number of hydrogen-bond acceptors (Lipinski definition) is 3. The van der Waals surface area contributed by atoms with E-state index in [2.05, 4.69) is 29.4 Å². The summed E-state index contributed by atoms with van der Waals surface area (Å²) in [6, 6.07) is 11.9. The third-order valence-electron chi connectivity index (χ3n) is 4.29. The standard InChI is InChI=1S/C19H19N3O2/c1-13-8-9-22-12-16(21-18(22)11-13)14-4-6-15(7-5-14)20-19(23)17-3-2-10-24-17/h4-9,11-12,17H,2-3,10H2,1H3,(H,20,23). The Morgan fingerprint density at radius 1 is 1.29 bits per heavy atom. The molecule has 1 saturated heterocycles. The fraction of sp³-hybridized carbons (Fsp3) is 0.263. The zero-order chi connectivity index (χ0) is 16.5. The van der Waals surface area contributed by atoms with E-state index in [9.17, 15) is 4.79 Å². The zero-order valence-corrected chi connectivity index (χ0v) is 13.5. The fourth-order valence-corrected chi connectivity index (χ4v) is 2.95. The van der Waals surface area contributed by atoms with Crippen LogP contribution in [-0.4, -0.2) is 28.0 Å². The van der Waals surface area contributed by atoms with E-state index in [0.29, 0.717) is 6.61 Å². The number of nitrogens with zero attached hydrogens (tertiary/aromatic N) is 2. The number of fused-ring (bicyclic) bond motifs is 1. The molecule has 1 aliphatic rings. The lowest BCUT2D eigenvalue weighted by molar-refractivity contribution is -0.124. The lowest BCUT2D eigenvalue weighted by Gasteiger charge is -2.10. The summed E-state index contributed by atoms with van der Waals surface area (Å²) in [5.41, 5.74) is 4.83. The van der Waals surface area contributed by atoms with Gasteiger partial charge in [0.1, 0.15) is 11.8 Å². The van der Waals surface area contributed by atoms with Crippen molar-refractivity contribution in [3.8, 4) is 11.3 Å². The minimum atomic E-state index is -0.314. The van der Waals surface area contributed by atoms with Crippen LogP contribution in [0.4, 0.5) is 5.69 Å². The highest BCUT2D eigenvalue weighted by molar-refractivity contribution is 5.94. The molecule has 3 aromatic rings. The van der Waals surface area contributed by atoms with Crippen molar-refractivity contribution in [1.82, 2.24) is 9.38 Å². The van der Waals surface area contributed by atoms with Gasteiger partial charge in [-0.25, -0.2) is 4.98 Å². The molecule has 1 unspecified atom stereocenters. The molecule has 24 heavy (non-hydrogen) atoms. The molecule has 1 N–H and O–H groups in total. The number of carbonyl (C=O) groups is 1. The Morgan fingerprint density at radius 2 is 2.12 bits per heavy atom. The second-order valence-electron chi connectivity index (χ2n) is 6.16. The summed E-state index contributed by atoms with van der Waals surface area (Å²) >= 11 is 0. The number of pyridine rings is 1. The van der Waals surface area contributed by atoms with Crippen LogP contribution in [0.2, 0.25) is 0 Å². The van der Waals surface area contributed by atoms with Gasteiger partial charge in [-0.15, -0.1) is 0 Å². The second-order valence-corrected chi connectivity index (χ2v) is 6.16. The number of carbonyl (C=O) groups excluding carboxylic acids is 1. The molecule has 3 heterocycles. The van der Waals surface area contributed by atoms with E-state index < -0.39 is 0 Å². The Balaban J connectivity index is 1.53.